The Kier molecular flexibility index (Phi) is 17.2. The van der Waals surface area contributed by atoms with E-state index in [4.69, 9.17) is 10.8 Å². The normalized spacial score (nSPS) is 15.2. The van der Waals surface area contributed by atoms with Crippen molar-refractivity contribution in [3.05, 3.63) is 0 Å². The number of aliphatic hydroxyl groups excluding tert-OH is 2. The Morgan fingerprint density at radius 1 is 0.720 bits per heavy atom. The maximum absolute atomic E-state index is 9.49. The summed E-state index contributed by atoms with van der Waals surface area (Å²) in [4.78, 5) is 0. The molecule has 0 spiro atoms. The fourth-order valence-electron chi connectivity index (χ4n) is 3.61. The molecule has 0 amide bonds. The number of hydrogen-bond donors (Lipinski definition) is 3. The lowest BCUT2D eigenvalue weighted by Crippen LogP contribution is -2.40. The minimum atomic E-state index is -0.675. The molecule has 0 aromatic rings. The minimum absolute atomic E-state index is 0.189. The minimum Gasteiger partial charge on any atom is -0.394 e. The number of hydrogen-bond acceptors (Lipinski definition) is 3. The van der Waals surface area contributed by atoms with E-state index in [1.165, 1.54) is 89.9 Å². The molecule has 0 saturated carbocycles. The lowest BCUT2D eigenvalue weighted by molar-refractivity contribution is 0.0686. The fraction of sp³-hybridized carbons (Fsp3) is 1.00. The average molecular weight is 358 g/mol. The van der Waals surface area contributed by atoms with Crippen molar-refractivity contribution in [3.63, 3.8) is 0 Å². The van der Waals surface area contributed by atoms with E-state index < -0.39 is 6.10 Å². The van der Waals surface area contributed by atoms with Crippen molar-refractivity contribution in [1.29, 1.82) is 0 Å². The van der Waals surface area contributed by atoms with Crippen LogP contribution in [0.4, 0.5) is 0 Å². The van der Waals surface area contributed by atoms with Crippen molar-refractivity contribution < 1.29 is 10.2 Å². The maximum atomic E-state index is 9.49. The van der Waals surface area contributed by atoms with Gasteiger partial charge in [0.2, 0.25) is 0 Å². The van der Waals surface area contributed by atoms with Gasteiger partial charge in [-0.25, -0.2) is 0 Å². The third kappa shape index (κ3) is 18.5. The van der Waals surface area contributed by atoms with Crippen molar-refractivity contribution >= 4 is 0 Å². The highest BCUT2D eigenvalue weighted by Gasteiger charge is 2.21. The van der Waals surface area contributed by atoms with Crippen LogP contribution < -0.4 is 5.73 Å². The summed E-state index contributed by atoms with van der Waals surface area (Å²) in [5.41, 5.74) is 5.83. The molecular weight excluding hydrogens is 310 g/mol. The summed E-state index contributed by atoms with van der Waals surface area (Å²) in [5.74, 6) is 0. The van der Waals surface area contributed by atoms with Crippen LogP contribution in [0.5, 0.6) is 0 Å². The average Bonchev–Trinajstić information content (AvgIpc) is 2.57. The zero-order valence-electron chi connectivity index (χ0n) is 17.3. The molecule has 4 N–H and O–H groups in total. The zero-order chi connectivity index (χ0) is 18.8. The van der Waals surface area contributed by atoms with Crippen LogP contribution in [-0.4, -0.2) is 28.5 Å². The Labute approximate surface area is 157 Å². The lowest BCUT2D eigenvalue weighted by atomic mass is 9.89. The summed E-state index contributed by atoms with van der Waals surface area (Å²) in [7, 11) is 0. The van der Waals surface area contributed by atoms with E-state index in [2.05, 4.69) is 6.92 Å². The first-order valence-corrected chi connectivity index (χ1v) is 11.1. The molecule has 0 bridgehead atoms. The van der Waals surface area contributed by atoms with Gasteiger partial charge in [-0.15, -0.1) is 0 Å². The molecular formula is C22H47NO2. The van der Waals surface area contributed by atoms with E-state index in [-0.39, 0.29) is 12.1 Å². The van der Waals surface area contributed by atoms with Gasteiger partial charge in [-0.05, 0) is 19.8 Å². The van der Waals surface area contributed by atoms with Crippen LogP contribution in [0.15, 0.2) is 0 Å². The zero-order valence-corrected chi connectivity index (χ0v) is 17.3. The SMILES string of the molecule is CCCCCCCCCCCCCCCCCC(C)(N)CC(O)CO. The second-order valence-electron chi connectivity index (χ2n) is 8.39. The van der Waals surface area contributed by atoms with Gasteiger partial charge in [0, 0.05) is 5.54 Å². The van der Waals surface area contributed by atoms with Crippen LogP contribution in [0, 0.1) is 0 Å². The Balaban J connectivity index is 3.23. The van der Waals surface area contributed by atoms with Crippen molar-refractivity contribution in [2.24, 2.45) is 5.73 Å². The molecule has 0 heterocycles. The molecule has 0 rings (SSSR count). The maximum Gasteiger partial charge on any atom is 0.0788 e. The van der Waals surface area contributed by atoms with Crippen LogP contribution in [0.25, 0.3) is 0 Å². The van der Waals surface area contributed by atoms with Crippen molar-refractivity contribution in [1.82, 2.24) is 0 Å². The first-order valence-electron chi connectivity index (χ1n) is 11.1. The molecule has 0 aliphatic rings. The molecule has 2 atom stereocenters. The molecule has 3 nitrogen and oxygen atoms in total. The third-order valence-corrected chi connectivity index (χ3v) is 5.26. The first kappa shape index (κ1) is 24.9. The number of aliphatic hydroxyl groups is 2. The van der Waals surface area contributed by atoms with Gasteiger partial charge in [0.05, 0.1) is 12.7 Å². The van der Waals surface area contributed by atoms with Crippen LogP contribution in [0.3, 0.4) is 0 Å². The molecule has 0 radical (unpaired) electrons. The van der Waals surface area contributed by atoms with E-state index in [9.17, 15) is 5.11 Å². The molecule has 0 aromatic heterocycles. The summed E-state index contributed by atoms with van der Waals surface area (Å²) in [6, 6.07) is 0. The molecule has 2 unspecified atom stereocenters. The van der Waals surface area contributed by atoms with Gasteiger partial charge in [-0.3, -0.25) is 0 Å². The standard InChI is InChI=1S/C22H47NO2/c1-3-4-5-6-7-8-9-10-11-12-13-14-15-16-17-18-22(2,23)19-21(25)20-24/h21,24-25H,3-20,23H2,1-2H3. The third-order valence-electron chi connectivity index (χ3n) is 5.26. The van der Waals surface area contributed by atoms with Crippen molar-refractivity contribution in [2.75, 3.05) is 6.61 Å². The second-order valence-corrected chi connectivity index (χ2v) is 8.39. The van der Waals surface area contributed by atoms with Crippen LogP contribution >= 0.6 is 0 Å². The largest absolute Gasteiger partial charge is 0.394 e. The first-order chi connectivity index (χ1) is 12.0. The van der Waals surface area contributed by atoms with Gasteiger partial charge in [-0.1, -0.05) is 103 Å². The molecule has 0 fully saturated rings. The number of nitrogens with two attached hydrogens (primary N) is 1. The molecule has 0 aliphatic carbocycles. The molecule has 25 heavy (non-hydrogen) atoms. The van der Waals surface area contributed by atoms with Gasteiger partial charge in [-0.2, -0.15) is 0 Å². The summed E-state index contributed by atoms with van der Waals surface area (Å²) in [6.07, 6.45) is 21.3. The van der Waals surface area contributed by atoms with Gasteiger partial charge in [0.15, 0.2) is 0 Å². The Bertz CT molecular complexity index is 269. The summed E-state index contributed by atoms with van der Waals surface area (Å²) < 4.78 is 0. The Morgan fingerprint density at radius 2 is 1.08 bits per heavy atom. The molecule has 0 aliphatic heterocycles. The van der Waals surface area contributed by atoms with E-state index in [1.54, 1.807) is 0 Å². The van der Waals surface area contributed by atoms with Gasteiger partial charge >= 0.3 is 0 Å². The number of rotatable bonds is 19. The molecule has 3 heteroatoms. The van der Waals surface area contributed by atoms with E-state index >= 15 is 0 Å². The quantitative estimate of drug-likeness (QED) is 0.259. The second kappa shape index (κ2) is 17.3. The van der Waals surface area contributed by atoms with Crippen molar-refractivity contribution in [3.8, 4) is 0 Å². The van der Waals surface area contributed by atoms with Gasteiger partial charge in [0.1, 0.15) is 0 Å². The van der Waals surface area contributed by atoms with Crippen LogP contribution in [0.2, 0.25) is 0 Å². The smallest absolute Gasteiger partial charge is 0.0788 e. The van der Waals surface area contributed by atoms with E-state index in [0.717, 1.165) is 12.8 Å². The lowest BCUT2D eigenvalue weighted by Gasteiger charge is -2.26. The van der Waals surface area contributed by atoms with Crippen LogP contribution in [-0.2, 0) is 0 Å². The summed E-state index contributed by atoms with van der Waals surface area (Å²) >= 11 is 0. The highest BCUT2D eigenvalue weighted by atomic mass is 16.3. The Hall–Kier alpha value is -0.120. The van der Waals surface area contributed by atoms with Gasteiger partial charge in [0.25, 0.3) is 0 Å². The monoisotopic (exact) mass is 357 g/mol. The van der Waals surface area contributed by atoms with E-state index in [0.29, 0.717) is 6.42 Å². The molecule has 0 saturated heterocycles. The highest BCUT2D eigenvalue weighted by molar-refractivity contribution is 4.81. The Morgan fingerprint density at radius 3 is 1.44 bits per heavy atom. The van der Waals surface area contributed by atoms with Crippen LogP contribution in [0.1, 0.15) is 123 Å². The summed E-state index contributed by atoms with van der Waals surface area (Å²) in [6.45, 7) is 4.07. The predicted octanol–water partition coefficient (Wildman–Crippen LogP) is 5.71. The highest BCUT2D eigenvalue weighted by Crippen LogP contribution is 2.19. The topological polar surface area (TPSA) is 66.5 Å². The molecule has 0 aromatic carbocycles. The molecule has 152 valence electrons. The van der Waals surface area contributed by atoms with Gasteiger partial charge < -0.3 is 15.9 Å². The number of unbranched alkanes of at least 4 members (excludes halogenated alkanes) is 14. The van der Waals surface area contributed by atoms with Crippen molar-refractivity contribution in [2.45, 2.75) is 135 Å². The predicted molar refractivity (Wildman–Crippen MR) is 110 cm³/mol. The summed E-state index contributed by atoms with van der Waals surface area (Å²) in [5, 5.41) is 18.4. The fourth-order valence-corrected chi connectivity index (χ4v) is 3.61. The van der Waals surface area contributed by atoms with E-state index in [1.807, 2.05) is 6.92 Å².